The second-order valence-electron chi connectivity index (χ2n) is 5.65. The molecule has 0 atom stereocenters. The average Bonchev–Trinajstić information content (AvgIpc) is 3.01. The van der Waals surface area contributed by atoms with Gasteiger partial charge in [-0.05, 0) is 37.6 Å². The first-order valence-corrected chi connectivity index (χ1v) is 8.46. The summed E-state index contributed by atoms with van der Waals surface area (Å²) in [4.78, 5) is 24.9. The van der Waals surface area contributed by atoms with Crippen molar-refractivity contribution >= 4 is 34.1 Å². The quantitative estimate of drug-likeness (QED) is 0.659. The molecule has 0 saturated carbocycles. The number of carbonyl (C=O) groups is 1. The van der Waals surface area contributed by atoms with E-state index >= 15 is 0 Å². The Labute approximate surface area is 144 Å². The fourth-order valence-corrected chi connectivity index (χ4v) is 3.02. The third-order valence-corrected chi connectivity index (χ3v) is 4.25. The Balaban J connectivity index is 2.33. The SMILES string of the molecule is CCCCn1c(=O)c2cc(C(=O)OCC)cn2c2cc(Cl)ccc21. The number of rotatable bonds is 5. The Morgan fingerprint density at radius 1 is 1.17 bits per heavy atom. The summed E-state index contributed by atoms with van der Waals surface area (Å²) in [5, 5.41) is 0.580. The molecule has 0 aliphatic carbocycles. The summed E-state index contributed by atoms with van der Waals surface area (Å²) in [7, 11) is 0. The van der Waals surface area contributed by atoms with Crippen LogP contribution < -0.4 is 5.56 Å². The van der Waals surface area contributed by atoms with E-state index in [1.165, 1.54) is 0 Å². The van der Waals surface area contributed by atoms with Gasteiger partial charge in [0, 0.05) is 17.8 Å². The maximum absolute atomic E-state index is 12.9. The molecule has 0 aliphatic heterocycles. The van der Waals surface area contributed by atoms with Crippen molar-refractivity contribution in [2.45, 2.75) is 33.2 Å². The van der Waals surface area contributed by atoms with Gasteiger partial charge in [-0.3, -0.25) is 4.79 Å². The predicted octanol–water partition coefficient (Wildman–Crippen LogP) is 3.88. The van der Waals surface area contributed by atoms with Crippen LogP contribution in [0.1, 0.15) is 37.0 Å². The van der Waals surface area contributed by atoms with E-state index in [2.05, 4.69) is 6.92 Å². The molecule has 0 spiro atoms. The maximum atomic E-state index is 12.9. The van der Waals surface area contributed by atoms with E-state index in [4.69, 9.17) is 16.3 Å². The lowest BCUT2D eigenvalue weighted by molar-refractivity contribution is 0.0526. The van der Waals surface area contributed by atoms with Crippen molar-refractivity contribution in [3.05, 3.63) is 51.4 Å². The molecule has 0 unspecified atom stereocenters. The molecule has 2 heterocycles. The topological polar surface area (TPSA) is 52.7 Å². The van der Waals surface area contributed by atoms with E-state index in [0.717, 1.165) is 23.9 Å². The standard InChI is InChI=1S/C18H19ClN2O3/c1-3-5-8-20-14-7-6-13(19)10-15(14)21-11-12(18(23)24-4-2)9-16(21)17(20)22/h6-7,9-11H,3-5,8H2,1-2H3. The summed E-state index contributed by atoms with van der Waals surface area (Å²) < 4.78 is 8.51. The highest BCUT2D eigenvalue weighted by molar-refractivity contribution is 6.31. The van der Waals surface area contributed by atoms with E-state index in [0.29, 0.717) is 29.3 Å². The molecule has 3 rings (SSSR count). The molecule has 6 heteroatoms. The Bertz CT molecular complexity index is 972. The van der Waals surface area contributed by atoms with Gasteiger partial charge in [-0.25, -0.2) is 4.79 Å². The van der Waals surface area contributed by atoms with Crippen molar-refractivity contribution in [3.63, 3.8) is 0 Å². The van der Waals surface area contributed by atoms with Gasteiger partial charge in [-0.1, -0.05) is 24.9 Å². The minimum absolute atomic E-state index is 0.117. The molecule has 0 radical (unpaired) electrons. The summed E-state index contributed by atoms with van der Waals surface area (Å²) in [6.07, 6.45) is 3.53. The molecular weight excluding hydrogens is 328 g/mol. The Kier molecular flexibility index (Phi) is 4.62. The number of esters is 1. The van der Waals surface area contributed by atoms with Gasteiger partial charge in [-0.2, -0.15) is 0 Å². The number of hydrogen-bond donors (Lipinski definition) is 0. The number of aryl methyl sites for hydroxylation is 1. The summed E-state index contributed by atoms with van der Waals surface area (Å²) in [5.41, 5.74) is 2.29. The van der Waals surface area contributed by atoms with Crippen molar-refractivity contribution in [3.8, 4) is 0 Å². The second-order valence-corrected chi connectivity index (χ2v) is 6.08. The Morgan fingerprint density at radius 3 is 2.67 bits per heavy atom. The highest BCUT2D eigenvalue weighted by atomic mass is 35.5. The van der Waals surface area contributed by atoms with Crippen LogP contribution in [0, 0.1) is 0 Å². The molecule has 0 fully saturated rings. The number of benzene rings is 1. The molecular formula is C18H19ClN2O3. The van der Waals surface area contributed by atoms with Gasteiger partial charge >= 0.3 is 5.97 Å². The first-order valence-electron chi connectivity index (χ1n) is 8.08. The fraction of sp³-hybridized carbons (Fsp3) is 0.333. The van der Waals surface area contributed by atoms with Crippen LogP contribution in [0.25, 0.3) is 16.6 Å². The first kappa shape index (κ1) is 16.6. The van der Waals surface area contributed by atoms with E-state index in [9.17, 15) is 9.59 Å². The Hall–Kier alpha value is -2.27. The van der Waals surface area contributed by atoms with E-state index < -0.39 is 5.97 Å². The van der Waals surface area contributed by atoms with Gasteiger partial charge in [0.05, 0.1) is 23.2 Å². The zero-order valence-electron chi connectivity index (χ0n) is 13.7. The van der Waals surface area contributed by atoms with Crippen LogP contribution >= 0.6 is 11.6 Å². The third kappa shape index (κ3) is 2.80. The van der Waals surface area contributed by atoms with Crippen LogP contribution in [-0.2, 0) is 11.3 Å². The minimum Gasteiger partial charge on any atom is -0.462 e. The molecule has 0 amide bonds. The molecule has 3 aromatic rings. The third-order valence-electron chi connectivity index (χ3n) is 4.02. The van der Waals surface area contributed by atoms with E-state index in [-0.39, 0.29) is 5.56 Å². The summed E-state index contributed by atoms with van der Waals surface area (Å²) in [5.74, 6) is -0.434. The average molecular weight is 347 g/mol. The predicted molar refractivity (Wildman–Crippen MR) is 95.0 cm³/mol. The van der Waals surface area contributed by atoms with Crippen LogP contribution in [0.5, 0.6) is 0 Å². The van der Waals surface area contributed by atoms with Gasteiger partial charge in [-0.15, -0.1) is 0 Å². The molecule has 0 bridgehead atoms. The zero-order chi connectivity index (χ0) is 17.3. The lowest BCUT2D eigenvalue weighted by atomic mass is 10.2. The number of fused-ring (bicyclic) bond motifs is 3. The number of ether oxygens (including phenoxy) is 1. The van der Waals surface area contributed by atoms with Crippen molar-refractivity contribution in [1.82, 2.24) is 8.97 Å². The summed E-state index contributed by atoms with van der Waals surface area (Å²) >= 11 is 6.14. The number of hydrogen-bond acceptors (Lipinski definition) is 3. The number of halogens is 1. The monoisotopic (exact) mass is 346 g/mol. The van der Waals surface area contributed by atoms with Crippen molar-refractivity contribution in [2.75, 3.05) is 6.61 Å². The number of aromatic nitrogens is 2. The summed E-state index contributed by atoms with van der Waals surface area (Å²) in [6.45, 7) is 4.75. The first-order chi connectivity index (χ1) is 11.6. The fourth-order valence-electron chi connectivity index (χ4n) is 2.86. The Morgan fingerprint density at radius 2 is 1.96 bits per heavy atom. The van der Waals surface area contributed by atoms with Gasteiger partial charge < -0.3 is 13.7 Å². The van der Waals surface area contributed by atoms with Crippen molar-refractivity contribution in [2.24, 2.45) is 0 Å². The van der Waals surface area contributed by atoms with Gasteiger partial charge in [0.1, 0.15) is 5.52 Å². The summed E-state index contributed by atoms with van der Waals surface area (Å²) in [6, 6.07) is 7.01. The van der Waals surface area contributed by atoms with Gasteiger partial charge in [0.15, 0.2) is 0 Å². The lowest BCUT2D eigenvalue weighted by Gasteiger charge is -2.12. The largest absolute Gasteiger partial charge is 0.462 e. The van der Waals surface area contributed by atoms with Gasteiger partial charge in [0.25, 0.3) is 5.56 Å². The van der Waals surface area contributed by atoms with Crippen molar-refractivity contribution in [1.29, 1.82) is 0 Å². The highest BCUT2D eigenvalue weighted by Gasteiger charge is 2.16. The van der Waals surface area contributed by atoms with E-state index in [1.54, 1.807) is 40.3 Å². The van der Waals surface area contributed by atoms with Crippen LogP contribution in [0.4, 0.5) is 0 Å². The number of nitrogens with zero attached hydrogens (tertiary/aromatic N) is 2. The lowest BCUT2D eigenvalue weighted by Crippen LogP contribution is -2.22. The van der Waals surface area contributed by atoms with Gasteiger partial charge in [0.2, 0.25) is 0 Å². The molecule has 0 N–H and O–H groups in total. The van der Waals surface area contributed by atoms with Crippen LogP contribution in [0.3, 0.4) is 0 Å². The number of unbranched alkanes of at least 4 members (excludes halogenated alkanes) is 1. The maximum Gasteiger partial charge on any atom is 0.339 e. The van der Waals surface area contributed by atoms with Crippen LogP contribution in [0.15, 0.2) is 35.3 Å². The molecule has 0 saturated heterocycles. The van der Waals surface area contributed by atoms with Crippen LogP contribution in [-0.4, -0.2) is 21.5 Å². The van der Waals surface area contributed by atoms with Crippen molar-refractivity contribution < 1.29 is 9.53 Å². The smallest absolute Gasteiger partial charge is 0.339 e. The highest BCUT2D eigenvalue weighted by Crippen LogP contribution is 2.22. The normalized spacial score (nSPS) is 11.3. The molecule has 2 aromatic heterocycles. The number of carbonyl (C=O) groups excluding carboxylic acids is 1. The molecule has 24 heavy (non-hydrogen) atoms. The molecule has 1 aromatic carbocycles. The molecule has 5 nitrogen and oxygen atoms in total. The second kappa shape index (κ2) is 6.69. The minimum atomic E-state index is -0.434. The zero-order valence-corrected chi connectivity index (χ0v) is 14.5. The van der Waals surface area contributed by atoms with E-state index in [1.807, 2.05) is 6.07 Å². The molecule has 126 valence electrons. The van der Waals surface area contributed by atoms with Crippen LogP contribution in [0.2, 0.25) is 5.02 Å². The molecule has 0 aliphatic rings.